The van der Waals surface area contributed by atoms with Crippen LogP contribution >= 0.6 is 0 Å². The second kappa shape index (κ2) is 6.69. The molecule has 1 aromatic rings. The molecule has 0 saturated heterocycles. The maximum Gasteiger partial charge on any atom is 0.0331 e. The Hall–Kier alpha value is -0.740. The fourth-order valence-corrected chi connectivity index (χ4v) is 2.57. The van der Waals surface area contributed by atoms with Crippen LogP contribution in [0.4, 0.5) is 0 Å². The normalized spacial score (nSPS) is 14.8. The highest BCUT2D eigenvalue weighted by atomic mass is 32.2. The largest absolute Gasteiger partial charge is 0.330 e. The predicted octanol–water partition coefficient (Wildman–Crippen LogP) is 1.11. The fourth-order valence-electron chi connectivity index (χ4n) is 1.33. The van der Waals surface area contributed by atoms with Crippen LogP contribution < -0.4 is 5.73 Å². The van der Waals surface area contributed by atoms with Crippen molar-refractivity contribution in [3.8, 4) is 0 Å². The van der Waals surface area contributed by atoms with Gasteiger partial charge in [-0.1, -0.05) is 13.0 Å². The van der Waals surface area contributed by atoms with Crippen LogP contribution in [0.1, 0.15) is 18.9 Å². The number of rotatable bonds is 6. The molecule has 0 aliphatic rings. The van der Waals surface area contributed by atoms with Gasteiger partial charge in [0.2, 0.25) is 0 Å². The third-order valence-corrected chi connectivity index (χ3v) is 4.08. The molecular weight excluding hydrogens is 208 g/mol. The van der Waals surface area contributed by atoms with E-state index in [-0.39, 0.29) is 5.25 Å². The Morgan fingerprint density at radius 1 is 1.60 bits per heavy atom. The lowest BCUT2D eigenvalue weighted by atomic mass is 10.2. The van der Waals surface area contributed by atoms with Crippen molar-refractivity contribution in [2.45, 2.75) is 25.0 Å². The van der Waals surface area contributed by atoms with Crippen LogP contribution in [0.5, 0.6) is 0 Å². The van der Waals surface area contributed by atoms with Crippen molar-refractivity contribution in [3.05, 3.63) is 30.1 Å². The zero-order chi connectivity index (χ0) is 11.1. The molecule has 0 aliphatic heterocycles. The number of pyridine rings is 1. The molecular formula is C11H18N2OS. The van der Waals surface area contributed by atoms with Gasteiger partial charge in [0, 0.05) is 34.2 Å². The van der Waals surface area contributed by atoms with Gasteiger partial charge < -0.3 is 5.73 Å². The number of aryl methyl sites for hydroxylation is 1. The van der Waals surface area contributed by atoms with Crippen molar-refractivity contribution in [1.82, 2.24) is 4.98 Å². The SMILES string of the molecule is CC(CCN)S(=O)CCc1cccnc1. The Morgan fingerprint density at radius 3 is 3.00 bits per heavy atom. The van der Waals surface area contributed by atoms with E-state index < -0.39 is 10.8 Å². The van der Waals surface area contributed by atoms with Crippen LogP contribution in [0.2, 0.25) is 0 Å². The van der Waals surface area contributed by atoms with Crippen molar-refractivity contribution in [2.75, 3.05) is 12.3 Å². The molecule has 0 bridgehead atoms. The quantitative estimate of drug-likeness (QED) is 0.790. The minimum atomic E-state index is -0.773. The van der Waals surface area contributed by atoms with Gasteiger partial charge in [0.1, 0.15) is 0 Å². The molecule has 2 unspecified atom stereocenters. The first-order valence-corrected chi connectivity index (χ1v) is 6.58. The van der Waals surface area contributed by atoms with Gasteiger partial charge >= 0.3 is 0 Å². The predicted molar refractivity (Wildman–Crippen MR) is 64.1 cm³/mol. The molecule has 84 valence electrons. The summed E-state index contributed by atoms with van der Waals surface area (Å²) < 4.78 is 11.7. The lowest BCUT2D eigenvalue weighted by Crippen LogP contribution is -2.19. The standard InChI is InChI=1S/C11H18N2OS/c1-10(4-6-12)15(14)8-5-11-3-2-7-13-9-11/h2-3,7,9-10H,4-6,8,12H2,1H3. The van der Waals surface area contributed by atoms with E-state index in [1.807, 2.05) is 25.3 Å². The van der Waals surface area contributed by atoms with Crippen LogP contribution in [0, 0.1) is 0 Å². The molecule has 0 aliphatic carbocycles. The van der Waals surface area contributed by atoms with E-state index in [0.29, 0.717) is 12.3 Å². The number of aromatic nitrogens is 1. The number of hydrogen-bond acceptors (Lipinski definition) is 3. The molecule has 1 aromatic heterocycles. The van der Waals surface area contributed by atoms with Gasteiger partial charge in [0.05, 0.1) is 0 Å². The second-order valence-electron chi connectivity index (χ2n) is 3.58. The molecule has 3 nitrogen and oxygen atoms in total. The summed E-state index contributed by atoms with van der Waals surface area (Å²) in [6.07, 6.45) is 5.23. The van der Waals surface area contributed by atoms with Crippen LogP contribution in [-0.2, 0) is 17.2 Å². The fraction of sp³-hybridized carbons (Fsp3) is 0.545. The average Bonchev–Trinajstić information content (AvgIpc) is 2.27. The number of hydrogen-bond donors (Lipinski definition) is 1. The average molecular weight is 226 g/mol. The Kier molecular flexibility index (Phi) is 5.50. The zero-order valence-corrected chi connectivity index (χ0v) is 9.87. The minimum Gasteiger partial charge on any atom is -0.330 e. The smallest absolute Gasteiger partial charge is 0.0331 e. The molecule has 0 aromatic carbocycles. The maximum absolute atomic E-state index is 11.7. The molecule has 0 saturated carbocycles. The summed E-state index contributed by atoms with van der Waals surface area (Å²) in [6.45, 7) is 2.60. The highest BCUT2D eigenvalue weighted by Crippen LogP contribution is 2.04. The van der Waals surface area contributed by atoms with Gasteiger partial charge in [-0.05, 0) is 31.0 Å². The highest BCUT2D eigenvalue weighted by molar-refractivity contribution is 7.85. The van der Waals surface area contributed by atoms with Crippen molar-refractivity contribution in [1.29, 1.82) is 0 Å². The van der Waals surface area contributed by atoms with Gasteiger partial charge in [-0.2, -0.15) is 0 Å². The molecule has 0 radical (unpaired) electrons. The van der Waals surface area contributed by atoms with E-state index in [1.54, 1.807) is 6.20 Å². The summed E-state index contributed by atoms with van der Waals surface area (Å²) in [7, 11) is -0.773. The summed E-state index contributed by atoms with van der Waals surface area (Å²) in [4.78, 5) is 4.02. The first kappa shape index (κ1) is 12.3. The Labute approximate surface area is 93.6 Å². The summed E-state index contributed by atoms with van der Waals surface area (Å²) in [5.74, 6) is 0.701. The summed E-state index contributed by atoms with van der Waals surface area (Å²) in [6, 6.07) is 3.92. The van der Waals surface area contributed by atoms with E-state index in [2.05, 4.69) is 4.98 Å². The molecule has 15 heavy (non-hydrogen) atoms. The van der Waals surface area contributed by atoms with E-state index >= 15 is 0 Å². The van der Waals surface area contributed by atoms with E-state index in [1.165, 1.54) is 0 Å². The molecule has 1 heterocycles. The van der Waals surface area contributed by atoms with Crippen LogP contribution in [0.25, 0.3) is 0 Å². The molecule has 2 N–H and O–H groups in total. The van der Waals surface area contributed by atoms with Crippen molar-refractivity contribution >= 4 is 10.8 Å². The van der Waals surface area contributed by atoms with E-state index in [0.717, 1.165) is 18.4 Å². The molecule has 4 heteroatoms. The Bertz CT molecular complexity index is 303. The van der Waals surface area contributed by atoms with Gasteiger partial charge in [-0.3, -0.25) is 9.19 Å². The maximum atomic E-state index is 11.7. The van der Waals surface area contributed by atoms with Gasteiger partial charge in [-0.15, -0.1) is 0 Å². The Morgan fingerprint density at radius 2 is 2.40 bits per heavy atom. The lowest BCUT2D eigenvalue weighted by molar-refractivity contribution is 0.665. The van der Waals surface area contributed by atoms with E-state index in [4.69, 9.17) is 5.73 Å². The van der Waals surface area contributed by atoms with Crippen molar-refractivity contribution in [3.63, 3.8) is 0 Å². The van der Waals surface area contributed by atoms with Crippen molar-refractivity contribution < 1.29 is 4.21 Å². The minimum absolute atomic E-state index is 0.201. The molecule has 2 atom stereocenters. The molecule has 1 rings (SSSR count). The monoisotopic (exact) mass is 226 g/mol. The number of nitrogens with two attached hydrogens (primary N) is 1. The van der Waals surface area contributed by atoms with Crippen molar-refractivity contribution in [2.24, 2.45) is 5.73 Å². The van der Waals surface area contributed by atoms with Crippen LogP contribution in [0.3, 0.4) is 0 Å². The van der Waals surface area contributed by atoms with Gasteiger partial charge in [0.25, 0.3) is 0 Å². The second-order valence-corrected chi connectivity index (χ2v) is 5.56. The zero-order valence-electron chi connectivity index (χ0n) is 9.06. The third-order valence-electron chi connectivity index (χ3n) is 2.34. The number of nitrogens with zero attached hydrogens (tertiary/aromatic N) is 1. The topological polar surface area (TPSA) is 56.0 Å². The summed E-state index contributed by atoms with van der Waals surface area (Å²) >= 11 is 0. The molecule has 0 fully saturated rings. The van der Waals surface area contributed by atoms with E-state index in [9.17, 15) is 4.21 Å². The third kappa shape index (κ3) is 4.53. The first-order chi connectivity index (χ1) is 7.24. The highest BCUT2D eigenvalue weighted by Gasteiger charge is 2.09. The molecule has 0 spiro atoms. The lowest BCUT2D eigenvalue weighted by Gasteiger charge is -2.09. The van der Waals surface area contributed by atoms with Gasteiger partial charge in [-0.25, -0.2) is 0 Å². The summed E-state index contributed by atoms with van der Waals surface area (Å²) in [5, 5.41) is 0.201. The van der Waals surface area contributed by atoms with Crippen LogP contribution in [0.15, 0.2) is 24.5 Å². The van der Waals surface area contributed by atoms with Crippen LogP contribution in [-0.4, -0.2) is 26.7 Å². The molecule has 0 amide bonds. The summed E-state index contributed by atoms with van der Waals surface area (Å²) in [5.41, 5.74) is 6.57. The Balaban J connectivity index is 2.34. The first-order valence-electron chi connectivity index (χ1n) is 5.20. The van der Waals surface area contributed by atoms with Gasteiger partial charge in [0.15, 0.2) is 0 Å².